The molecule has 2 aromatic rings. The number of hydrogen-bond acceptors (Lipinski definition) is 4. The van der Waals surface area contributed by atoms with E-state index in [9.17, 15) is 0 Å². The lowest BCUT2D eigenvalue weighted by molar-refractivity contribution is 0.824. The summed E-state index contributed by atoms with van der Waals surface area (Å²) in [5.41, 5.74) is 8.03. The maximum Gasteiger partial charge on any atom is 0.223 e. The van der Waals surface area contributed by atoms with E-state index in [0.717, 1.165) is 24.2 Å². The lowest BCUT2D eigenvalue weighted by Crippen LogP contribution is -2.04. The Morgan fingerprint density at radius 1 is 1.05 bits per heavy atom. The summed E-state index contributed by atoms with van der Waals surface area (Å²) >= 11 is 0. The van der Waals surface area contributed by atoms with Crippen LogP contribution in [0, 0.1) is 0 Å². The van der Waals surface area contributed by atoms with Crippen molar-refractivity contribution in [2.45, 2.75) is 39.5 Å². The molecule has 0 atom stereocenters. The van der Waals surface area contributed by atoms with Crippen LogP contribution in [0.3, 0.4) is 0 Å². The summed E-state index contributed by atoms with van der Waals surface area (Å²) in [7, 11) is 0. The van der Waals surface area contributed by atoms with E-state index in [-0.39, 0.29) is 0 Å². The van der Waals surface area contributed by atoms with Crippen molar-refractivity contribution in [3.05, 3.63) is 35.7 Å². The standard InChI is InChI=1S/C15H20N4/c1-4-5-13-17-14(19-15(16)18-13)12-8-6-11(7-9-12)10(2)3/h6-10H,4-5H2,1-3H3,(H2,16,17,18,19). The van der Waals surface area contributed by atoms with Crippen molar-refractivity contribution in [1.29, 1.82) is 0 Å². The third kappa shape index (κ3) is 3.28. The van der Waals surface area contributed by atoms with Crippen LogP contribution < -0.4 is 5.73 Å². The molecule has 0 aliphatic heterocycles. The van der Waals surface area contributed by atoms with Crippen LogP contribution in [0.5, 0.6) is 0 Å². The average molecular weight is 256 g/mol. The molecule has 1 heterocycles. The Morgan fingerprint density at radius 3 is 2.32 bits per heavy atom. The minimum Gasteiger partial charge on any atom is -0.368 e. The molecular weight excluding hydrogens is 236 g/mol. The molecule has 1 aromatic carbocycles. The fourth-order valence-electron chi connectivity index (χ4n) is 1.92. The highest BCUT2D eigenvalue weighted by molar-refractivity contribution is 5.56. The highest BCUT2D eigenvalue weighted by atomic mass is 15.1. The van der Waals surface area contributed by atoms with E-state index < -0.39 is 0 Å². The van der Waals surface area contributed by atoms with Crippen LogP contribution >= 0.6 is 0 Å². The molecule has 0 spiro atoms. The summed E-state index contributed by atoms with van der Waals surface area (Å²) in [5, 5.41) is 0. The summed E-state index contributed by atoms with van der Waals surface area (Å²) in [5.74, 6) is 2.23. The molecule has 0 saturated carbocycles. The zero-order valence-electron chi connectivity index (χ0n) is 11.7. The van der Waals surface area contributed by atoms with Gasteiger partial charge in [-0.1, -0.05) is 45.0 Å². The Morgan fingerprint density at radius 2 is 1.74 bits per heavy atom. The van der Waals surface area contributed by atoms with Gasteiger partial charge in [0.1, 0.15) is 5.82 Å². The molecule has 4 nitrogen and oxygen atoms in total. The summed E-state index contributed by atoms with van der Waals surface area (Å²) < 4.78 is 0. The Bertz CT molecular complexity index is 547. The van der Waals surface area contributed by atoms with Gasteiger partial charge in [-0.2, -0.15) is 9.97 Å². The normalized spacial score (nSPS) is 10.9. The van der Waals surface area contributed by atoms with Gasteiger partial charge in [-0.15, -0.1) is 0 Å². The third-order valence-electron chi connectivity index (χ3n) is 3.01. The van der Waals surface area contributed by atoms with E-state index in [4.69, 9.17) is 5.73 Å². The van der Waals surface area contributed by atoms with Crippen molar-refractivity contribution < 1.29 is 0 Å². The summed E-state index contributed by atoms with van der Waals surface area (Å²) in [6, 6.07) is 8.30. The van der Waals surface area contributed by atoms with Gasteiger partial charge >= 0.3 is 0 Å². The van der Waals surface area contributed by atoms with Crippen LogP contribution in [0.1, 0.15) is 44.5 Å². The molecule has 0 aliphatic rings. The average Bonchev–Trinajstić information content (AvgIpc) is 2.38. The van der Waals surface area contributed by atoms with Crippen molar-refractivity contribution in [3.8, 4) is 11.4 Å². The van der Waals surface area contributed by atoms with E-state index in [0.29, 0.717) is 17.7 Å². The minimum absolute atomic E-state index is 0.293. The molecule has 0 saturated heterocycles. The first-order chi connectivity index (χ1) is 9.10. The summed E-state index contributed by atoms with van der Waals surface area (Å²) in [4.78, 5) is 12.8. The molecule has 0 aliphatic carbocycles. The summed E-state index contributed by atoms with van der Waals surface area (Å²) in [6.45, 7) is 6.45. The maximum absolute atomic E-state index is 5.74. The first-order valence-electron chi connectivity index (χ1n) is 6.71. The monoisotopic (exact) mass is 256 g/mol. The van der Waals surface area contributed by atoms with E-state index >= 15 is 0 Å². The van der Waals surface area contributed by atoms with Gasteiger partial charge in [0.15, 0.2) is 5.82 Å². The molecule has 2 N–H and O–H groups in total. The van der Waals surface area contributed by atoms with Crippen molar-refractivity contribution >= 4 is 5.95 Å². The van der Waals surface area contributed by atoms with Crippen LogP contribution in [0.15, 0.2) is 24.3 Å². The predicted molar refractivity (Wildman–Crippen MR) is 77.8 cm³/mol. The molecule has 19 heavy (non-hydrogen) atoms. The maximum atomic E-state index is 5.74. The van der Waals surface area contributed by atoms with Gasteiger partial charge in [0.25, 0.3) is 0 Å². The van der Waals surface area contributed by atoms with Gasteiger partial charge in [0, 0.05) is 12.0 Å². The minimum atomic E-state index is 0.293. The molecule has 2 rings (SSSR count). The number of benzene rings is 1. The van der Waals surface area contributed by atoms with Crippen molar-refractivity contribution in [2.75, 3.05) is 5.73 Å². The topological polar surface area (TPSA) is 64.7 Å². The van der Waals surface area contributed by atoms with Crippen LogP contribution in [0.4, 0.5) is 5.95 Å². The van der Waals surface area contributed by atoms with E-state index in [2.05, 4.69) is 47.9 Å². The molecule has 100 valence electrons. The third-order valence-corrected chi connectivity index (χ3v) is 3.01. The number of nitrogen functional groups attached to an aromatic ring is 1. The Hall–Kier alpha value is -1.97. The van der Waals surface area contributed by atoms with Crippen LogP contribution in [-0.4, -0.2) is 15.0 Å². The van der Waals surface area contributed by atoms with E-state index in [1.165, 1.54) is 5.56 Å². The number of hydrogen-bond donors (Lipinski definition) is 1. The second kappa shape index (κ2) is 5.78. The van der Waals surface area contributed by atoms with Crippen LogP contribution in [-0.2, 0) is 6.42 Å². The Labute approximate surface area is 114 Å². The number of aryl methyl sites for hydroxylation is 1. The first-order valence-corrected chi connectivity index (χ1v) is 6.71. The number of anilines is 1. The number of aromatic nitrogens is 3. The predicted octanol–water partition coefficient (Wildman–Crippen LogP) is 3.20. The van der Waals surface area contributed by atoms with Crippen LogP contribution in [0.2, 0.25) is 0 Å². The number of rotatable bonds is 4. The van der Waals surface area contributed by atoms with Crippen LogP contribution in [0.25, 0.3) is 11.4 Å². The highest BCUT2D eigenvalue weighted by Gasteiger charge is 2.07. The van der Waals surface area contributed by atoms with E-state index in [1.54, 1.807) is 0 Å². The molecule has 0 radical (unpaired) electrons. The largest absolute Gasteiger partial charge is 0.368 e. The number of nitrogens with zero attached hydrogens (tertiary/aromatic N) is 3. The van der Waals surface area contributed by atoms with Crippen molar-refractivity contribution in [2.24, 2.45) is 0 Å². The Balaban J connectivity index is 2.35. The lowest BCUT2D eigenvalue weighted by atomic mass is 10.0. The van der Waals surface area contributed by atoms with Gasteiger partial charge in [-0.05, 0) is 17.9 Å². The SMILES string of the molecule is CCCc1nc(N)nc(-c2ccc(C(C)C)cc2)n1. The quantitative estimate of drug-likeness (QED) is 0.912. The van der Waals surface area contributed by atoms with Gasteiger partial charge in [0.2, 0.25) is 5.95 Å². The molecular formula is C15H20N4. The lowest BCUT2D eigenvalue weighted by Gasteiger charge is -2.07. The second-order valence-electron chi connectivity index (χ2n) is 4.96. The summed E-state index contributed by atoms with van der Waals surface area (Å²) in [6.07, 6.45) is 1.82. The fraction of sp³-hybridized carbons (Fsp3) is 0.400. The van der Waals surface area contributed by atoms with Gasteiger partial charge < -0.3 is 5.73 Å². The zero-order valence-corrected chi connectivity index (χ0v) is 11.7. The molecule has 0 bridgehead atoms. The van der Waals surface area contributed by atoms with Gasteiger partial charge in [0.05, 0.1) is 0 Å². The molecule has 4 heteroatoms. The zero-order chi connectivity index (χ0) is 13.8. The Kier molecular flexibility index (Phi) is 4.10. The van der Waals surface area contributed by atoms with E-state index in [1.807, 2.05) is 12.1 Å². The van der Waals surface area contributed by atoms with Crippen molar-refractivity contribution in [1.82, 2.24) is 15.0 Å². The number of nitrogens with two attached hydrogens (primary N) is 1. The van der Waals surface area contributed by atoms with Gasteiger partial charge in [-0.3, -0.25) is 0 Å². The van der Waals surface area contributed by atoms with Crippen molar-refractivity contribution in [3.63, 3.8) is 0 Å². The highest BCUT2D eigenvalue weighted by Crippen LogP contribution is 2.20. The molecule has 0 fully saturated rings. The second-order valence-corrected chi connectivity index (χ2v) is 4.96. The smallest absolute Gasteiger partial charge is 0.223 e. The van der Waals surface area contributed by atoms with Gasteiger partial charge in [-0.25, -0.2) is 4.98 Å². The molecule has 0 unspecified atom stereocenters. The fourth-order valence-corrected chi connectivity index (χ4v) is 1.92. The molecule has 1 aromatic heterocycles. The molecule has 0 amide bonds. The first kappa shape index (κ1) is 13.5.